The summed E-state index contributed by atoms with van der Waals surface area (Å²) in [6, 6.07) is 8.58. The first-order chi connectivity index (χ1) is 6.59. The molecule has 0 aromatic heterocycles. The number of aliphatic hydroxyl groups is 1. The molecule has 0 amide bonds. The van der Waals surface area contributed by atoms with E-state index in [1.807, 2.05) is 6.92 Å². The highest BCUT2D eigenvalue weighted by molar-refractivity contribution is 7.99. The van der Waals surface area contributed by atoms with Gasteiger partial charge >= 0.3 is 0 Å². The number of thioether (sulfide) groups is 1. The summed E-state index contributed by atoms with van der Waals surface area (Å²) in [5.41, 5.74) is 1.37. The molecule has 1 nitrogen and oxygen atoms in total. The maximum Gasteiger partial charge on any atom is 0.0606 e. The van der Waals surface area contributed by atoms with E-state index in [1.54, 1.807) is 11.8 Å². The molecule has 0 radical (unpaired) electrons. The Morgan fingerprint density at radius 1 is 1.14 bits per heavy atom. The number of aliphatic hydroxyl groups excluding tert-OH is 1. The van der Waals surface area contributed by atoms with E-state index < -0.39 is 0 Å². The van der Waals surface area contributed by atoms with Crippen LogP contribution in [0.2, 0.25) is 0 Å². The molecule has 1 aromatic carbocycles. The topological polar surface area (TPSA) is 20.2 Å². The SMILES string of the molecule is CC(C)c1ccc(SC[C@H](C)O)cc1. The van der Waals surface area contributed by atoms with Crippen molar-refractivity contribution in [1.29, 1.82) is 0 Å². The Labute approximate surface area is 90.5 Å². The lowest BCUT2D eigenvalue weighted by atomic mass is 10.0. The van der Waals surface area contributed by atoms with Crippen LogP contribution in [0.1, 0.15) is 32.3 Å². The summed E-state index contributed by atoms with van der Waals surface area (Å²) >= 11 is 1.70. The van der Waals surface area contributed by atoms with Crippen molar-refractivity contribution in [2.45, 2.75) is 37.7 Å². The maximum absolute atomic E-state index is 9.14. The van der Waals surface area contributed by atoms with Crippen LogP contribution in [0.25, 0.3) is 0 Å². The number of hydrogen-bond donors (Lipinski definition) is 1. The first-order valence-corrected chi connectivity index (χ1v) is 5.99. The Morgan fingerprint density at radius 2 is 1.71 bits per heavy atom. The van der Waals surface area contributed by atoms with Crippen molar-refractivity contribution in [3.05, 3.63) is 29.8 Å². The quantitative estimate of drug-likeness (QED) is 0.770. The van der Waals surface area contributed by atoms with Crippen LogP contribution in [0.4, 0.5) is 0 Å². The second-order valence-corrected chi connectivity index (χ2v) is 4.98. The van der Waals surface area contributed by atoms with Crippen molar-refractivity contribution in [3.8, 4) is 0 Å². The molecule has 78 valence electrons. The molecular formula is C12H18OS. The molecule has 0 aliphatic heterocycles. The second-order valence-electron chi connectivity index (χ2n) is 3.88. The lowest BCUT2D eigenvalue weighted by molar-refractivity contribution is 0.220. The predicted octanol–water partition coefficient (Wildman–Crippen LogP) is 3.28. The van der Waals surface area contributed by atoms with Crippen molar-refractivity contribution < 1.29 is 5.11 Å². The highest BCUT2D eigenvalue weighted by atomic mass is 32.2. The van der Waals surface area contributed by atoms with E-state index in [0.29, 0.717) is 5.92 Å². The standard InChI is InChI=1S/C12H18OS/c1-9(2)11-4-6-12(7-5-11)14-8-10(3)13/h4-7,9-10,13H,8H2,1-3H3/t10-/m0/s1. The Hall–Kier alpha value is -0.470. The van der Waals surface area contributed by atoms with Crippen LogP contribution in [0, 0.1) is 0 Å². The fourth-order valence-corrected chi connectivity index (χ4v) is 1.93. The minimum Gasteiger partial charge on any atom is -0.393 e. The van der Waals surface area contributed by atoms with Crippen LogP contribution < -0.4 is 0 Å². The lowest BCUT2D eigenvalue weighted by Crippen LogP contribution is -2.02. The first kappa shape index (κ1) is 11.6. The molecule has 0 spiro atoms. The molecule has 0 heterocycles. The molecule has 0 fully saturated rings. The smallest absolute Gasteiger partial charge is 0.0606 e. The van der Waals surface area contributed by atoms with E-state index in [9.17, 15) is 0 Å². The summed E-state index contributed by atoms with van der Waals surface area (Å²) in [7, 11) is 0. The van der Waals surface area contributed by atoms with Gasteiger partial charge in [0.1, 0.15) is 0 Å². The third-order valence-electron chi connectivity index (χ3n) is 2.04. The van der Waals surface area contributed by atoms with Crippen LogP contribution in [0.15, 0.2) is 29.2 Å². The number of rotatable bonds is 4. The van der Waals surface area contributed by atoms with Crippen molar-refractivity contribution in [2.24, 2.45) is 0 Å². The van der Waals surface area contributed by atoms with Gasteiger partial charge in [0.15, 0.2) is 0 Å². The van der Waals surface area contributed by atoms with Crippen LogP contribution in [0.5, 0.6) is 0 Å². The van der Waals surface area contributed by atoms with E-state index >= 15 is 0 Å². The van der Waals surface area contributed by atoms with Crippen LogP contribution in [0.3, 0.4) is 0 Å². The molecule has 0 saturated carbocycles. The van der Waals surface area contributed by atoms with Crippen molar-refractivity contribution in [3.63, 3.8) is 0 Å². The Kier molecular flexibility index (Phi) is 4.49. The molecule has 1 rings (SSSR count). The Morgan fingerprint density at radius 3 is 2.14 bits per heavy atom. The van der Waals surface area contributed by atoms with E-state index in [1.165, 1.54) is 10.5 Å². The van der Waals surface area contributed by atoms with Crippen LogP contribution in [-0.2, 0) is 0 Å². The van der Waals surface area contributed by atoms with Gasteiger partial charge in [0.2, 0.25) is 0 Å². The molecule has 0 saturated heterocycles. The van der Waals surface area contributed by atoms with Crippen molar-refractivity contribution >= 4 is 11.8 Å². The molecule has 0 unspecified atom stereocenters. The normalized spacial score (nSPS) is 13.2. The average molecular weight is 210 g/mol. The third kappa shape index (κ3) is 3.72. The zero-order chi connectivity index (χ0) is 10.6. The van der Waals surface area contributed by atoms with Crippen molar-refractivity contribution in [2.75, 3.05) is 5.75 Å². The van der Waals surface area contributed by atoms with Gasteiger partial charge in [0, 0.05) is 10.6 Å². The third-order valence-corrected chi connectivity index (χ3v) is 3.29. The minimum atomic E-state index is -0.232. The first-order valence-electron chi connectivity index (χ1n) is 5.00. The van der Waals surface area contributed by atoms with Gasteiger partial charge in [-0.1, -0.05) is 26.0 Å². The number of hydrogen-bond acceptors (Lipinski definition) is 2. The molecule has 1 atom stereocenters. The van der Waals surface area contributed by atoms with Gasteiger partial charge in [-0.3, -0.25) is 0 Å². The molecule has 0 aliphatic rings. The van der Waals surface area contributed by atoms with Gasteiger partial charge in [-0.15, -0.1) is 11.8 Å². The molecule has 0 aliphatic carbocycles. The summed E-state index contributed by atoms with van der Waals surface area (Å²) in [6.07, 6.45) is -0.232. The van der Waals surface area contributed by atoms with E-state index in [0.717, 1.165) is 5.75 Å². The Bertz CT molecular complexity index is 264. The second kappa shape index (κ2) is 5.42. The summed E-state index contributed by atoms with van der Waals surface area (Å²) in [6.45, 7) is 6.20. The van der Waals surface area contributed by atoms with Gasteiger partial charge in [0.05, 0.1) is 6.10 Å². The zero-order valence-electron chi connectivity index (χ0n) is 9.03. The predicted molar refractivity (Wildman–Crippen MR) is 62.9 cm³/mol. The maximum atomic E-state index is 9.14. The molecule has 2 heteroatoms. The molecule has 1 aromatic rings. The highest BCUT2D eigenvalue weighted by Gasteiger charge is 2.00. The summed E-state index contributed by atoms with van der Waals surface area (Å²) in [4.78, 5) is 1.23. The lowest BCUT2D eigenvalue weighted by Gasteiger charge is -2.07. The summed E-state index contributed by atoms with van der Waals surface area (Å²) < 4.78 is 0. The van der Waals surface area contributed by atoms with Gasteiger partial charge in [-0.25, -0.2) is 0 Å². The molecular weight excluding hydrogens is 192 g/mol. The van der Waals surface area contributed by atoms with E-state index in [2.05, 4.69) is 38.1 Å². The monoisotopic (exact) mass is 210 g/mol. The molecule has 0 bridgehead atoms. The Balaban J connectivity index is 2.55. The molecule has 14 heavy (non-hydrogen) atoms. The van der Waals surface area contributed by atoms with Crippen LogP contribution in [-0.4, -0.2) is 17.0 Å². The van der Waals surface area contributed by atoms with E-state index in [4.69, 9.17) is 5.11 Å². The van der Waals surface area contributed by atoms with Gasteiger partial charge < -0.3 is 5.11 Å². The average Bonchev–Trinajstić information content (AvgIpc) is 2.15. The van der Waals surface area contributed by atoms with Gasteiger partial charge in [-0.05, 0) is 30.5 Å². The minimum absolute atomic E-state index is 0.232. The number of benzene rings is 1. The van der Waals surface area contributed by atoms with Crippen molar-refractivity contribution in [1.82, 2.24) is 0 Å². The fourth-order valence-electron chi connectivity index (χ4n) is 1.17. The zero-order valence-corrected chi connectivity index (χ0v) is 9.84. The van der Waals surface area contributed by atoms with E-state index in [-0.39, 0.29) is 6.10 Å². The largest absolute Gasteiger partial charge is 0.393 e. The summed E-state index contributed by atoms with van der Waals surface area (Å²) in [5.74, 6) is 1.35. The highest BCUT2D eigenvalue weighted by Crippen LogP contribution is 2.22. The summed E-state index contributed by atoms with van der Waals surface area (Å²) in [5, 5.41) is 9.14. The van der Waals surface area contributed by atoms with Gasteiger partial charge in [-0.2, -0.15) is 0 Å². The fraction of sp³-hybridized carbons (Fsp3) is 0.500. The van der Waals surface area contributed by atoms with Gasteiger partial charge in [0.25, 0.3) is 0 Å². The molecule has 1 N–H and O–H groups in total. The van der Waals surface area contributed by atoms with Crippen LogP contribution >= 0.6 is 11.8 Å².